The monoisotopic (exact) mass is 318 g/mol. The van der Waals surface area contributed by atoms with E-state index in [1.807, 2.05) is 17.2 Å². The van der Waals surface area contributed by atoms with Gasteiger partial charge in [0, 0.05) is 11.9 Å². The highest BCUT2D eigenvalue weighted by atomic mass is 79.9. The SMILES string of the molecule is CCCC1(C(=O)O)CCCN1c1nc(Br)cs1. The largest absolute Gasteiger partial charge is 0.479 e. The number of hydrogen-bond donors (Lipinski definition) is 1. The Morgan fingerprint density at radius 1 is 1.76 bits per heavy atom. The van der Waals surface area contributed by atoms with Crippen LogP contribution in [0.1, 0.15) is 32.6 Å². The zero-order valence-electron chi connectivity index (χ0n) is 9.65. The van der Waals surface area contributed by atoms with E-state index in [1.165, 1.54) is 11.3 Å². The Morgan fingerprint density at radius 2 is 2.53 bits per heavy atom. The fourth-order valence-corrected chi connectivity index (χ4v) is 3.89. The molecule has 2 rings (SSSR count). The first-order valence-corrected chi connectivity index (χ1v) is 7.39. The molecule has 1 saturated heterocycles. The summed E-state index contributed by atoms with van der Waals surface area (Å²) < 4.78 is 0.778. The standard InChI is InChI=1S/C11H15BrN2O2S/c1-2-4-11(9(15)16)5-3-6-14(11)10-13-8(12)7-17-10/h7H,2-6H2,1H3,(H,15,16). The second-order valence-electron chi connectivity index (χ2n) is 4.29. The molecule has 0 radical (unpaired) electrons. The number of carboxylic acid groups (broad SMARTS) is 1. The third kappa shape index (κ3) is 2.20. The molecule has 17 heavy (non-hydrogen) atoms. The van der Waals surface area contributed by atoms with Crippen molar-refractivity contribution in [1.29, 1.82) is 0 Å². The first-order valence-electron chi connectivity index (χ1n) is 5.72. The van der Waals surface area contributed by atoms with Gasteiger partial charge >= 0.3 is 5.97 Å². The van der Waals surface area contributed by atoms with Gasteiger partial charge in [-0.15, -0.1) is 11.3 Å². The molecule has 1 aliphatic rings. The van der Waals surface area contributed by atoms with Crippen molar-refractivity contribution in [3.05, 3.63) is 9.98 Å². The van der Waals surface area contributed by atoms with Gasteiger partial charge in [0.2, 0.25) is 0 Å². The van der Waals surface area contributed by atoms with Gasteiger partial charge in [-0.3, -0.25) is 0 Å². The molecule has 1 N–H and O–H groups in total. The lowest BCUT2D eigenvalue weighted by molar-refractivity contribution is -0.143. The molecule has 0 saturated carbocycles. The van der Waals surface area contributed by atoms with E-state index in [0.717, 1.165) is 29.1 Å². The van der Waals surface area contributed by atoms with Crippen LogP contribution >= 0.6 is 27.3 Å². The fraction of sp³-hybridized carbons (Fsp3) is 0.636. The van der Waals surface area contributed by atoms with Gasteiger partial charge < -0.3 is 10.0 Å². The molecule has 0 aliphatic carbocycles. The van der Waals surface area contributed by atoms with Crippen molar-refractivity contribution in [3.63, 3.8) is 0 Å². The van der Waals surface area contributed by atoms with Crippen LogP contribution < -0.4 is 4.90 Å². The number of anilines is 1. The molecule has 0 aromatic carbocycles. The van der Waals surface area contributed by atoms with Crippen LogP contribution in [0.25, 0.3) is 0 Å². The Kier molecular flexibility index (Phi) is 3.73. The Balaban J connectivity index is 2.34. The normalized spacial score (nSPS) is 24.2. The molecule has 0 spiro atoms. The number of aliphatic carboxylic acids is 1. The summed E-state index contributed by atoms with van der Waals surface area (Å²) in [6.07, 6.45) is 3.19. The molecular weight excluding hydrogens is 304 g/mol. The van der Waals surface area contributed by atoms with Crippen LogP contribution in [0.4, 0.5) is 5.13 Å². The summed E-state index contributed by atoms with van der Waals surface area (Å²) >= 11 is 4.81. The fourth-order valence-electron chi connectivity index (χ4n) is 2.53. The number of halogens is 1. The maximum Gasteiger partial charge on any atom is 0.329 e. The minimum Gasteiger partial charge on any atom is -0.479 e. The van der Waals surface area contributed by atoms with Crippen molar-refractivity contribution in [1.82, 2.24) is 4.98 Å². The smallest absolute Gasteiger partial charge is 0.329 e. The first-order chi connectivity index (χ1) is 8.10. The molecule has 4 nitrogen and oxygen atoms in total. The summed E-state index contributed by atoms with van der Waals surface area (Å²) in [7, 11) is 0. The van der Waals surface area contributed by atoms with Crippen LogP contribution in [0.3, 0.4) is 0 Å². The maximum atomic E-state index is 11.6. The van der Waals surface area contributed by atoms with Crippen molar-refractivity contribution in [3.8, 4) is 0 Å². The molecule has 0 bridgehead atoms. The van der Waals surface area contributed by atoms with Crippen LogP contribution in [0, 0.1) is 0 Å². The van der Waals surface area contributed by atoms with Gasteiger partial charge in [-0.2, -0.15) is 0 Å². The topological polar surface area (TPSA) is 53.4 Å². The highest BCUT2D eigenvalue weighted by Crippen LogP contribution is 2.39. The van der Waals surface area contributed by atoms with Crippen molar-refractivity contribution in [2.45, 2.75) is 38.1 Å². The predicted octanol–water partition coefficient (Wildman–Crippen LogP) is 3.13. The Hall–Kier alpha value is -0.620. The zero-order chi connectivity index (χ0) is 12.5. The summed E-state index contributed by atoms with van der Waals surface area (Å²) in [5, 5.41) is 12.3. The number of rotatable bonds is 4. The molecule has 1 aromatic rings. The van der Waals surface area contributed by atoms with E-state index in [1.54, 1.807) is 0 Å². The molecule has 1 aromatic heterocycles. The molecule has 1 atom stereocenters. The number of thiazole rings is 1. The average Bonchev–Trinajstić information content (AvgIpc) is 2.85. The van der Waals surface area contributed by atoms with Crippen LogP contribution in [0.15, 0.2) is 9.98 Å². The maximum absolute atomic E-state index is 11.6. The predicted molar refractivity (Wildman–Crippen MR) is 71.7 cm³/mol. The van der Waals surface area contributed by atoms with E-state index >= 15 is 0 Å². The van der Waals surface area contributed by atoms with Gasteiger partial charge in [-0.25, -0.2) is 9.78 Å². The summed E-state index contributed by atoms with van der Waals surface area (Å²) in [4.78, 5) is 17.9. The molecule has 1 aliphatic heterocycles. The highest BCUT2D eigenvalue weighted by molar-refractivity contribution is 9.10. The summed E-state index contributed by atoms with van der Waals surface area (Å²) in [5.74, 6) is -0.719. The zero-order valence-corrected chi connectivity index (χ0v) is 12.1. The second kappa shape index (κ2) is 4.94. The summed E-state index contributed by atoms with van der Waals surface area (Å²) in [6, 6.07) is 0. The second-order valence-corrected chi connectivity index (χ2v) is 5.94. The Labute approximate surface area is 113 Å². The summed E-state index contributed by atoms with van der Waals surface area (Å²) in [5.41, 5.74) is -0.744. The van der Waals surface area contributed by atoms with Gasteiger partial charge in [0.1, 0.15) is 10.1 Å². The molecule has 94 valence electrons. The lowest BCUT2D eigenvalue weighted by atomic mass is 9.91. The van der Waals surface area contributed by atoms with Gasteiger partial charge in [-0.05, 0) is 35.2 Å². The minimum absolute atomic E-state index is 0.680. The molecule has 1 unspecified atom stereocenters. The van der Waals surface area contributed by atoms with E-state index in [4.69, 9.17) is 0 Å². The van der Waals surface area contributed by atoms with Crippen LogP contribution in [0.5, 0.6) is 0 Å². The summed E-state index contributed by atoms with van der Waals surface area (Å²) in [6.45, 7) is 2.81. The van der Waals surface area contributed by atoms with Crippen LogP contribution in [0.2, 0.25) is 0 Å². The van der Waals surface area contributed by atoms with Crippen molar-refractivity contribution in [2.24, 2.45) is 0 Å². The van der Waals surface area contributed by atoms with Crippen molar-refractivity contribution in [2.75, 3.05) is 11.4 Å². The van der Waals surface area contributed by atoms with Crippen LogP contribution in [-0.2, 0) is 4.79 Å². The van der Waals surface area contributed by atoms with E-state index in [2.05, 4.69) is 20.9 Å². The lowest BCUT2D eigenvalue weighted by Crippen LogP contribution is -2.50. The van der Waals surface area contributed by atoms with Crippen molar-refractivity contribution < 1.29 is 9.90 Å². The number of carbonyl (C=O) groups is 1. The Bertz CT molecular complexity index is 423. The first kappa shape index (κ1) is 12.8. The number of hydrogen-bond acceptors (Lipinski definition) is 4. The van der Waals surface area contributed by atoms with E-state index in [9.17, 15) is 9.90 Å². The third-order valence-corrected chi connectivity index (χ3v) is 4.82. The minimum atomic E-state index is -0.744. The number of carboxylic acids is 1. The number of aromatic nitrogens is 1. The average molecular weight is 319 g/mol. The highest BCUT2D eigenvalue weighted by Gasteiger charge is 2.47. The molecule has 0 amide bonds. The van der Waals surface area contributed by atoms with E-state index in [-0.39, 0.29) is 0 Å². The van der Waals surface area contributed by atoms with E-state index in [0.29, 0.717) is 12.8 Å². The van der Waals surface area contributed by atoms with Gasteiger partial charge in [0.15, 0.2) is 5.13 Å². The molecule has 6 heteroatoms. The lowest BCUT2D eigenvalue weighted by Gasteiger charge is -2.34. The Morgan fingerprint density at radius 3 is 3.06 bits per heavy atom. The number of nitrogens with zero attached hydrogens (tertiary/aromatic N) is 2. The third-order valence-electron chi connectivity index (χ3n) is 3.25. The molecular formula is C11H15BrN2O2S. The van der Waals surface area contributed by atoms with Gasteiger partial charge in [-0.1, -0.05) is 13.3 Å². The quantitative estimate of drug-likeness (QED) is 0.926. The van der Waals surface area contributed by atoms with E-state index < -0.39 is 11.5 Å². The molecule has 1 fully saturated rings. The van der Waals surface area contributed by atoms with Crippen molar-refractivity contribution >= 4 is 38.4 Å². The van der Waals surface area contributed by atoms with Crippen LogP contribution in [-0.4, -0.2) is 28.1 Å². The van der Waals surface area contributed by atoms with Gasteiger partial charge in [0.25, 0.3) is 0 Å². The van der Waals surface area contributed by atoms with Gasteiger partial charge in [0.05, 0.1) is 0 Å². The molecule has 2 heterocycles.